The van der Waals surface area contributed by atoms with Gasteiger partial charge in [0.05, 0.1) is 27.2 Å². The van der Waals surface area contributed by atoms with Gasteiger partial charge in [-0.3, -0.25) is 9.36 Å². The molecule has 16 nitrogen and oxygen atoms in total. The number of ether oxygens (including phenoxy) is 7. The molecule has 1 aliphatic heterocycles. The van der Waals surface area contributed by atoms with E-state index in [1.54, 1.807) is 61.5 Å². The maximum atomic E-state index is 13.6. The summed E-state index contributed by atoms with van der Waals surface area (Å²) in [5.74, 6) is 0.0639. The average Bonchev–Trinajstić information content (AvgIpc) is 3.96. The van der Waals surface area contributed by atoms with E-state index < -0.39 is 49.2 Å². The van der Waals surface area contributed by atoms with Gasteiger partial charge in [0.2, 0.25) is 0 Å². The molecule has 0 unspecified atom stereocenters. The summed E-state index contributed by atoms with van der Waals surface area (Å²) in [6, 6.07) is 39.9. The van der Waals surface area contributed by atoms with E-state index >= 15 is 0 Å². The molecular formula is C48H43N5O11. The van der Waals surface area contributed by atoms with Gasteiger partial charge in [-0.05, 0) is 77.4 Å². The molecule has 7 aromatic rings. The van der Waals surface area contributed by atoms with Crippen LogP contribution < -0.4 is 24.3 Å². The summed E-state index contributed by atoms with van der Waals surface area (Å²) in [4.78, 5) is 51.0. The van der Waals surface area contributed by atoms with Crippen LogP contribution in [0.2, 0.25) is 0 Å². The molecule has 1 amide bonds. The topological polar surface area (TPSA) is 192 Å². The summed E-state index contributed by atoms with van der Waals surface area (Å²) >= 11 is 0. The first-order chi connectivity index (χ1) is 31.2. The summed E-state index contributed by atoms with van der Waals surface area (Å²) in [7, 11) is 3.21. The van der Waals surface area contributed by atoms with Crippen molar-refractivity contribution in [3.05, 3.63) is 168 Å². The van der Waals surface area contributed by atoms with Gasteiger partial charge in [0.15, 0.2) is 30.2 Å². The number of anilines is 1. The van der Waals surface area contributed by atoms with Gasteiger partial charge < -0.3 is 43.6 Å². The molecule has 0 spiro atoms. The number of carboxylic acid groups (broad SMARTS) is 1. The van der Waals surface area contributed by atoms with Gasteiger partial charge in [0.25, 0.3) is 5.91 Å². The second kappa shape index (κ2) is 19.5. The highest BCUT2D eigenvalue weighted by molar-refractivity contribution is 6.06. The second-order valence-electron chi connectivity index (χ2n) is 14.5. The van der Waals surface area contributed by atoms with Crippen LogP contribution in [0.3, 0.4) is 0 Å². The molecule has 0 aliphatic carbocycles. The van der Waals surface area contributed by atoms with Crippen LogP contribution >= 0.6 is 0 Å². The molecule has 64 heavy (non-hydrogen) atoms. The monoisotopic (exact) mass is 865 g/mol. The maximum absolute atomic E-state index is 13.6. The molecule has 5 aromatic carbocycles. The van der Waals surface area contributed by atoms with Crippen LogP contribution in [-0.2, 0) is 29.4 Å². The number of aromatic nitrogens is 4. The number of hydrogen-bond acceptors (Lipinski definition) is 13. The fourth-order valence-corrected chi connectivity index (χ4v) is 7.47. The number of amides is 1. The number of aliphatic carboxylic acids is 1. The lowest BCUT2D eigenvalue weighted by atomic mass is 9.80. The number of carbonyl (C=O) groups is 3. The number of nitrogens with zero attached hydrogens (tertiary/aromatic N) is 4. The molecule has 0 saturated carbocycles. The van der Waals surface area contributed by atoms with Gasteiger partial charge >= 0.3 is 11.9 Å². The van der Waals surface area contributed by atoms with Crippen LogP contribution in [0, 0.1) is 0 Å². The lowest BCUT2D eigenvalue weighted by molar-refractivity contribution is -0.158. The summed E-state index contributed by atoms with van der Waals surface area (Å²) in [6.07, 6.45) is 0.589. The quantitative estimate of drug-likeness (QED) is 0.0673. The van der Waals surface area contributed by atoms with Crippen LogP contribution in [0.1, 0.15) is 39.7 Å². The van der Waals surface area contributed by atoms with Crippen LogP contribution in [-0.4, -0.2) is 88.7 Å². The molecule has 1 saturated heterocycles. The molecule has 326 valence electrons. The first-order valence-electron chi connectivity index (χ1n) is 20.2. The molecule has 2 N–H and O–H groups in total. The third kappa shape index (κ3) is 9.47. The van der Waals surface area contributed by atoms with E-state index in [9.17, 15) is 14.4 Å². The molecule has 1 fully saturated rings. The number of rotatable bonds is 18. The van der Waals surface area contributed by atoms with Crippen molar-refractivity contribution in [1.29, 1.82) is 0 Å². The Morgan fingerprint density at radius 2 is 1.28 bits per heavy atom. The minimum Gasteiger partial charge on any atom is -0.497 e. The van der Waals surface area contributed by atoms with Crippen molar-refractivity contribution in [2.45, 2.75) is 30.5 Å². The number of benzene rings is 5. The molecule has 3 atom stereocenters. The number of hydrogen-bond donors (Lipinski definition) is 2. The Morgan fingerprint density at radius 1 is 0.719 bits per heavy atom. The largest absolute Gasteiger partial charge is 0.497 e. The van der Waals surface area contributed by atoms with Crippen molar-refractivity contribution in [2.24, 2.45) is 0 Å². The third-order valence-electron chi connectivity index (χ3n) is 10.6. The van der Waals surface area contributed by atoms with E-state index in [0.29, 0.717) is 39.7 Å². The van der Waals surface area contributed by atoms with Crippen LogP contribution in [0.4, 0.5) is 5.82 Å². The minimum atomic E-state index is -1.21. The van der Waals surface area contributed by atoms with E-state index in [1.807, 2.05) is 84.9 Å². The SMILES string of the molecule is COc1ccc(C(OC[C@H]2O[C@@H](n3cnc4c(NC(=O)c5ccccc5)ncnc43)C[C@@H]2OC(=O)COc2ccc(OCC(=O)O)cc2)(c2ccccc2)c2ccc(OC)cc2)cc1. The predicted octanol–water partition coefficient (Wildman–Crippen LogP) is 6.85. The average molecular weight is 866 g/mol. The van der Waals surface area contributed by atoms with E-state index in [4.69, 9.17) is 38.3 Å². The van der Waals surface area contributed by atoms with Gasteiger partial charge in [-0.15, -0.1) is 0 Å². The normalized spacial score (nSPS) is 15.9. The zero-order valence-corrected chi connectivity index (χ0v) is 34.7. The predicted molar refractivity (Wildman–Crippen MR) is 231 cm³/mol. The molecular weight excluding hydrogens is 823 g/mol. The van der Waals surface area contributed by atoms with E-state index in [-0.39, 0.29) is 24.8 Å². The zero-order chi connectivity index (χ0) is 44.5. The van der Waals surface area contributed by atoms with Gasteiger partial charge in [0.1, 0.15) is 53.4 Å². The minimum absolute atomic E-state index is 0.0694. The van der Waals surface area contributed by atoms with E-state index in [2.05, 4.69) is 20.3 Å². The van der Waals surface area contributed by atoms with Crippen molar-refractivity contribution in [1.82, 2.24) is 19.5 Å². The molecule has 8 rings (SSSR count). The Morgan fingerprint density at radius 3 is 1.88 bits per heavy atom. The summed E-state index contributed by atoms with van der Waals surface area (Å²) in [5.41, 5.74) is 2.36. The van der Waals surface area contributed by atoms with Gasteiger partial charge in [-0.2, -0.15) is 0 Å². The Balaban J connectivity index is 1.10. The summed E-state index contributed by atoms with van der Waals surface area (Å²) in [5, 5.41) is 11.7. The van der Waals surface area contributed by atoms with Crippen molar-refractivity contribution in [3.63, 3.8) is 0 Å². The Bertz CT molecular complexity index is 2630. The number of esters is 1. The Labute approximate surface area is 367 Å². The van der Waals surface area contributed by atoms with E-state index in [0.717, 1.165) is 16.7 Å². The fourth-order valence-electron chi connectivity index (χ4n) is 7.47. The smallest absolute Gasteiger partial charge is 0.344 e. The highest BCUT2D eigenvalue weighted by Gasteiger charge is 2.44. The van der Waals surface area contributed by atoms with Crippen molar-refractivity contribution >= 4 is 34.8 Å². The Kier molecular flexibility index (Phi) is 13.0. The summed E-state index contributed by atoms with van der Waals surface area (Å²) < 4.78 is 43.7. The number of imidazole rings is 1. The third-order valence-corrected chi connectivity index (χ3v) is 10.6. The molecule has 16 heteroatoms. The number of nitrogens with one attached hydrogen (secondary N) is 1. The highest BCUT2D eigenvalue weighted by Crippen LogP contribution is 2.43. The van der Waals surface area contributed by atoms with E-state index in [1.165, 1.54) is 18.5 Å². The Hall–Kier alpha value is -7.82. The van der Waals surface area contributed by atoms with Gasteiger partial charge in [0, 0.05) is 12.0 Å². The van der Waals surface area contributed by atoms with Crippen molar-refractivity contribution < 1.29 is 52.6 Å². The highest BCUT2D eigenvalue weighted by atomic mass is 16.6. The molecule has 3 heterocycles. The fraction of sp³-hybridized carbons (Fsp3) is 0.208. The zero-order valence-electron chi connectivity index (χ0n) is 34.7. The van der Waals surface area contributed by atoms with Gasteiger partial charge in [-0.25, -0.2) is 24.5 Å². The lowest BCUT2D eigenvalue weighted by Gasteiger charge is -2.37. The molecule has 0 bridgehead atoms. The summed E-state index contributed by atoms with van der Waals surface area (Å²) in [6.45, 7) is -1.01. The second-order valence-corrected chi connectivity index (χ2v) is 14.5. The standard InChI is InChI=1S/C48H43N5O11/c1-58-35-17-13-33(14-18-35)48(32-11-7-4-8-12-32,34-15-19-36(59-2)20-16-34)62-26-40-39(64-43(56)28-61-38-23-21-37(22-24-38)60-27-42(54)55)25-41(63-40)53-30-51-44-45(49-29-50-46(44)53)52-47(57)31-9-5-3-6-10-31/h3-24,29-30,39-41H,25-28H2,1-2H3,(H,54,55)(H,49,50,52,57)/t39-,40+,41+/m0/s1. The molecule has 1 aliphatic rings. The number of fused-ring (bicyclic) bond motifs is 1. The lowest BCUT2D eigenvalue weighted by Crippen LogP contribution is -2.39. The van der Waals surface area contributed by atoms with Gasteiger partial charge in [-0.1, -0.05) is 72.8 Å². The number of methoxy groups -OCH3 is 2. The maximum Gasteiger partial charge on any atom is 0.344 e. The number of carbonyl (C=O) groups excluding carboxylic acids is 2. The molecule has 2 aromatic heterocycles. The van der Waals surface area contributed by atoms with Crippen molar-refractivity contribution in [2.75, 3.05) is 39.4 Å². The van der Waals surface area contributed by atoms with Crippen LogP contribution in [0.15, 0.2) is 146 Å². The van der Waals surface area contributed by atoms with Crippen LogP contribution in [0.5, 0.6) is 23.0 Å². The van der Waals surface area contributed by atoms with Crippen LogP contribution in [0.25, 0.3) is 11.2 Å². The first kappa shape index (κ1) is 42.9. The molecule has 0 radical (unpaired) electrons. The van der Waals surface area contributed by atoms with Crippen molar-refractivity contribution in [3.8, 4) is 23.0 Å². The first-order valence-corrected chi connectivity index (χ1v) is 20.2. The number of carboxylic acids is 1.